The Morgan fingerprint density at radius 3 is 1.95 bits per heavy atom. The maximum atomic E-state index is 12.4. The van der Waals surface area contributed by atoms with E-state index < -0.39 is 25.9 Å². The van der Waals surface area contributed by atoms with Crippen molar-refractivity contribution in [2.45, 2.75) is 45.5 Å². The van der Waals surface area contributed by atoms with Crippen LogP contribution in [0.2, 0.25) is 0 Å². The Morgan fingerprint density at radius 2 is 1.60 bits per heavy atom. The van der Waals surface area contributed by atoms with Crippen molar-refractivity contribution in [2.24, 2.45) is 0 Å². The Labute approximate surface area is 119 Å². The van der Waals surface area contributed by atoms with Crippen LogP contribution in [0.25, 0.3) is 0 Å². The molecule has 0 aromatic heterocycles. The number of hydrogen-bond donors (Lipinski definition) is 0. The van der Waals surface area contributed by atoms with E-state index in [0.29, 0.717) is 6.42 Å². The number of unbranched alkanes of at least 4 members (excludes halogenated alkanes) is 1. The average molecular weight is 339 g/mol. The van der Waals surface area contributed by atoms with Crippen LogP contribution in [-0.4, -0.2) is 40.6 Å². The van der Waals surface area contributed by atoms with Gasteiger partial charge in [-0.05, 0) is 16.7 Å². The topological polar surface area (TPSA) is 64.0 Å². The molecule has 0 saturated heterocycles. The van der Waals surface area contributed by atoms with Gasteiger partial charge in [-0.3, -0.25) is 8.42 Å². The fourth-order valence-corrected chi connectivity index (χ4v) is 6.15. The van der Waals surface area contributed by atoms with Crippen LogP contribution < -0.4 is 0 Å². The van der Waals surface area contributed by atoms with Crippen molar-refractivity contribution >= 4 is 26.2 Å². The molecular formula is C11H22F3O4S2+. The van der Waals surface area contributed by atoms with Crippen molar-refractivity contribution in [1.82, 2.24) is 0 Å². The first-order valence-corrected chi connectivity index (χ1v) is 9.91. The Balaban J connectivity index is 5.08. The van der Waals surface area contributed by atoms with Crippen molar-refractivity contribution in [3.8, 4) is 0 Å². The molecule has 0 aromatic carbocycles. The van der Waals surface area contributed by atoms with Crippen molar-refractivity contribution in [2.75, 3.05) is 17.3 Å². The third kappa shape index (κ3) is 5.61. The van der Waals surface area contributed by atoms with E-state index in [-0.39, 0.29) is 29.5 Å². The van der Waals surface area contributed by atoms with Gasteiger partial charge in [0.2, 0.25) is 0 Å². The number of carbonyl (C=O) groups is 1. The van der Waals surface area contributed by atoms with Gasteiger partial charge in [-0.2, -0.15) is 13.2 Å². The fraction of sp³-hybridized carbons (Fsp3) is 0.909. The number of alkyl halides is 3. The number of ketones is 1. The van der Waals surface area contributed by atoms with Crippen LogP contribution in [0.1, 0.15) is 40.0 Å². The summed E-state index contributed by atoms with van der Waals surface area (Å²) in [5.41, 5.74) is -5.40. The Morgan fingerprint density at radius 1 is 1.10 bits per heavy atom. The Hall–Kier alpha value is -0.280. The largest absolute Gasteiger partial charge is 0.572 e. The summed E-state index contributed by atoms with van der Waals surface area (Å²) in [6.45, 7) is 5.04. The summed E-state index contributed by atoms with van der Waals surface area (Å²) in [5, 5.41) is 0. The number of rotatable bonds is 9. The van der Waals surface area contributed by atoms with E-state index in [9.17, 15) is 26.4 Å². The van der Waals surface area contributed by atoms with E-state index in [1.54, 1.807) is 13.8 Å². The molecule has 0 saturated carbocycles. The van der Waals surface area contributed by atoms with E-state index in [2.05, 4.69) is 3.63 Å². The minimum absolute atomic E-state index is 0.149. The van der Waals surface area contributed by atoms with Gasteiger partial charge in [-0.15, -0.1) is 8.42 Å². The minimum atomic E-state index is -5.54. The van der Waals surface area contributed by atoms with Gasteiger partial charge in [0.15, 0.2) is 0 Å². The molecule has 122 valence electrons. The zero-order valence-corrected chi connectivity index (χ0v) is 13.5. The molecule has 0 radical (unpaired) electrons. The summed E-state index contributed by atoms with van der Waals surface area (Å²) < 4.78 is 62.8. The van der Waals surface area contributed by atoms with Crippen LogP contribution in [0.15, 0.2) is 0 Å². The molecule has 0 aliphatic heterocycles. The highest BCUT2D eigenvalue weighted by Gasteiger charge is 2.56. The molecule has 0 aromatic rings. The van der Waals surface area contributed by atoms with Gasteiger partial charge in [0.1, 0.15) is 5.78 Å². The average Bonchev–Trinajstić information content (AvgIpc) is 2.33. The predicted molar refractivity (Wildman–Crippen MR) is 75.7 cm³/mol. The molecule has 4 nitrogen and oxygen atoms in total. The SMILES string of the molecule is CCCCC(=O)CS(CC)(CC)[OH+]S(=O)(=O)C(F)(F)F. The van der Waals surface area contributed by atoms with Gasteiger partial charge in [-0.25, -0.2) is 0 Å². The molecule has 0 spiro atoms. The van der Waals surface area contributed by atoms with Crippen molar-refractivity contribution in [3.05, 3.63) is 0 Å². The van der Waals surface area contributed by atoms with Gasteiger partial charge in [-0.1, -0.05) is 27.2 Å². The molecule has 0 aliphatic rings. The highest BCUT2D eigenvalue weighted by molar-refractivity contribution is 8.32. The third-order valence-electron chi connectivity index (χ3n) is 2.86. The van der Waals surface area contributed by atoms with Crippen molar-refractivity contribution in [3.63, 3.8) is 0 Å². The molecule has 0 fully saturated rings. The molecule has 0 unspecified atom stereocenters. The Bertz CT molecular complexity index is 414. The number of Topliss-reactive ketones (excluding diaryl/α,β-unsaturated/α-hetero) is 1. The summed E-state index contributed by atoms with van der Waals surface area (Å²) in [4.78, 5) is 11.8. The Kier molecular flexibility index (Phi) is 7.54. The van der Waals surface area contributed by atoms with Crippen molar-refractivity contribution < 1.29 is 30.0 Å². The van der Waals surface area contributed by atoms with E-state index in [1.807, 2.05) is 6.92 Å². The lowest BCUT2D eigenvalue weighted by atomic mass is 10.2. The van der Waals surface area contributed by atoms with Gasteiger partial charge < -0.3 is 0 Å². The zero-order chi connectivity index (χ0) is 16.0. The highest BCUT2D eigenvalue weighted by atomic mass is 32.3. The lowest BCUT2D eigenvalue weighted by molar-refractivity contribution is -0.116. The molecule has 0 atom stereocenters. The second-order valence-corrected chi connectivity index (χ2v) is 9.81. The molecule has 0 rings (SSSR count). The van der Waals surface area contributed by atoms with Crippen LogP contribution in [0, 0.1) is 0 Å². The molecule has 0 aliphatic carbocycles. The molecular weight excluding hydrogens is 317 g/mol. The van der Waals surface area contributed by atoms with Gasteiger partial charge >= 0.3 is 15.6 Å². The molecule has 0 bridgehead atoms. The quantitative estimate of drug-likeness (QED) is 0.367. The summed E-state index contributed by atoms with van der Waals surface area (Å²) in [6, 6.07) is 0. The second kappa shape index (κ2) is 7.65. The van der Waals surface area contributed by atoms with Crippen molar-refractivity contribution in [1.29, 1.82) is 0 Å². The molecule has 20 heavy (non-hydrogen) atoms. The summed E-state index contributed by atoms with van der Waals surface area (Å²) in [7, 11) is -8.01. The van der Waals surface area contributed by atoms with E-state index >= 15 is 0 Å². The smallest absolute Gasteiger partial charge is 0.299 e. The third-order valence-corrected chi connectivity index (χ3v) is 8.51. The van der Waals surface area contributed by atoms with Gasteiger partial charge in [0.05, 0.1) is 5.75 Å². The number of halogens is 3. The summed E-state index contributed by atoms with van der Waals surface area (Å²) in [5.74, 6) is -0.102. The van der Waals surface area contributed by atoms with E-state index in [1.165, 1.54) is 0 Å². The molecule has 1 N–H and O–H groups in total. The molecule has 0 amide bonds. The first-order chi connectivity index (χ1) is 9.03. The molecule has 0 heterocycles. The second-order valence-electron chi connectivity index (χ2n) is 4.36. The highest BCUT2D eigenvalue weighted by Crippen LogP contribution is 2.49. The monoisotopic (exact) mass is 339 g/mol. The predicted octanol–water partition coefficient (Wildman–Crippen LogP) is 3.45. The number of carbonyl (C=O) groups excluding carboxylic acids is 1. The van der Waals surface area contributed by atoms with Gasteiger partial charge in [0.25, 0.3) is 0 Å². The van der Waals surface area contributed by atoms with Crippen LogP contribution in [0.4, 0.5) is 13.2 Å². The lowest BCUT2D eigenvalue weighted by Gasteiger charge is -2.31. The van der Waals surface area contributed by atoms with Gasteiger partial charge in [0, 0.05) is 17.9 Å². The zero-order valence-electron chi connectivity index (χ0n) is 11.9. The standard InChI is InChI=1S/C11H21F3O4S2/c1-4-7-8-10(15)9-19(5-2,6-3)18-20(16,17)11(12,13)14/h4-9H2,1-3H3/p+1. The van der Waals surface area contributed by atoms with Crippen LogP contribution in [0.3, 0.4) is 0 Å². The summed E-state index contributed by atoms with van der Waals surface area (Å²) >= 11 is 0. The normalized spacial score (nSPS) is 14.3. The lowest BCUT2D eigenvalue weighted by Crippen LogP contribution is -2.34. The van der Waals surface area contributed by atoms with E-state index in [0.717, 1.165) is 6.42 Å². The first-order valence-electron chi connectivity index (χ1n) is 6.37. The molecule has 9 heteroatoms. The van der Waals surface area contributed by atoms with Crippen LogP contribution in [-0.2, 0) is 14.9 Å². The van der Waals surface area contributed by atoms with E-state index in [4.69, 9.17) is 0 Å². The maximum absolute atomic E-state index is 12.4. The maximum Gasteiger partial charge on any atom is 0.572 e. The fourth-order valence-electron chi connectivity index (χ4n) is 1.54. The first kappa shape index (κ1) is 19.7. The van der Waals surface area contributed by atoms with Crippen LogP contribution >= 0.6 is 10.3 Å². The summed E-state index contributed by atoms with van der Waals surface area (Å²) in [6.07, 6.45) is 1.70. The number of hydrogen-bond acceptors (Lipinski definition) is 3. The minimum Gasteiger partial charge on any atom is -0.299 e. The van der Waals surface area contributed by atoms with Crippen LogP contribution in [0.5, 0.6) is 0 Å².